The molecule has 0 heterocycles. The molecule has 0 aromatic heterocycles. The van der Waals surface area contributed by atoms with Crippen molar-refractivity contribution >= 4 is 23.2 Å². The molecule has 0 radical (unpaired) electrons. The zero-order chi connectivity index (χ0) is 20.4. The number of carbonyl (C=O) groups is 2. The first kappa shape index (κ1) is 21.6. The van der Waals surface area contributed by atoms with Crippen LogP contribution in [0, 0.1) is 0 Å². The lowest BCUT2D eigenvalue weighted by atomic mass is 10.1. The lowest BCUT2D eigenvalue weighted by Gasteiger charge is -2.11. The van der Waals surface area contributed by atoms with Gasteiger partial charge in [0.2, 0.25) is 11.8 Å². The molecule has 1 atom stereocenters. The van der Waals surface area contributed by atoms with E-state index in [1.54, 1.807) is 0 Å². The highest BCUT2D eigenvalue weighted by Gasteiger charge is 2.05. The Morgan fingerprint density at radius 3 is 1.96 bits per heavy atom. The monoisotopic (exact) mass is 382 g/mol. The van der Waals surface area contributed by atoms with Crippen LogP contribution in [0.2, 0.25) is 0 Å². The number of hydrogen-bond donors (Lipinski definition) is 4. The van der Waals surface area contributed by atoms with Crippen LogP contribution >= 0.6 is 0 Å². The average Bonchev–Trinajstić information content (AvgIpc) is 2.70. The van der Waals surface area contributed by atoms with Crippen molar-refractivity contribution in [1.29, 1.82) is 0 Å². The molecule has 0 bridgehead atoms. The molecule has 2 rings (SSSR count). The molecule has 2 aromatic rings. The average molecular weight is 383 g/mol. The fraction of sp³-hybridized carbons (Fsp3) is 0.364. The van der Waals surface area contributed by atoms with Crippen molar-refractivity contribution in [2.24, 2.45) is 5.84 Å². The fourth-order valence-electron chi connectivity index (χ4n) is 2.82. The van der Waals surface area contributed by atoms with Crippen molar-refractivity contribution in [3.63, 3.8) is 0 Å². The van der Waals surface area contributed by atoms with Gasteiger partial charge in [-0.2, -0.15) is 0 Å². The molecule has 0 aliphatic rings. The van der Waals surface area contributed by atoms with Gasteiger partial charge in [-0.05, 0) is 61.6 Å². The molecule has 6 heteroatoms. The van der Waals surface area contributed by atoms with Gasteiger partial charge in [0.05, 0.1) is 0 Å². The smallest absolute Gasteiger partial charge is 0.224 e. The molecule has 5 N–H and O–H groups in total. The van der Waals surface area contributed by atoms with Gasteiger partial charge < -0.3 is 10.6 Å². The number of nitrogens with one attached hydrogen (secondary N) is 3. The molecule has 2 aromatic carbocycles. The number of aryl methyl sites for hydroxylation is 1. The van der Waals surface area contributed by atoms with Crippen LogP contribution in [0.3, 0.4) is 0 Å². The van der Waals surface area contributed by atoms with Crippen molar-refractivity contribution in [2.75, 3.05) is 10.6 Å². The molecular formula is C22H30N4O2. The molecular weight excluding hydrogens is 352 g/mol. The molecule has 0 saturated heterocycles. The van der Waals surface area contributed by atoms with Crippen LogP contribution in [0.1, 0.15) is 44.2 Å². The molecule has 0 fully saturated rings. The number of benzene rings is 2. The standard InChI is InChI=1S/C22H30N4O2/c1-3-21(27)24-19-11-7-17(8-12-19)5-4-6-22(28)25-20-13-9-18(10-14-20)15-16(2)26-23/h7-14,16,26H,3-6,15,23H2,1-2H3,(H,24,27)(H,25,28)/t16-/m0/s1. The topological polar surface area (TPSA) is 96.2 Å². The summed E-state index contributed by atoms with van der Waals surface area (Å²) in [5.74, 6) is 5.43. The summed E-state index contributed by atoms with van der Waals surface area (Å²) in [5, 5.41) is 5.76. The largest absolute Gasteiger partial charge is 0.326 e. The summed E-state index contributed by atoms with van der Waals surface area (Å²) in [4.78, 5) is 23.5. The van der Waals surface area contributed by atoms with Gasteiger partial charge in [0, 0.05) is 30.3 Å². The Morgan fingerprint density at radius 1 is 0.893 bits per heavy atom. The van der Waals surface area contributed by atoms with E-state index in [0.29, 0.717) is 12.8 Å². The zero-order valence-electron chi connectivity index (χ0n) is 16.6. The van der Waals surface area contributed by atoms with Crippen molar-refractivity contribution < 1.29 is 9.59 Å². The van der Waals surface area contributed by atoms with Gasteiger partial charge in [-0.15, -0.1) is 0 Å². The Balaban J connectivity index is 1.73. The number of anilines is 2. The molecule has 2 amide bonds. The van der Waals surface area contributed by atoms with Crippen LogP contribution in [0.4, 0.5) is 11.4 Å². The highest BCUT2D eigenvalue weighted by Crippen LogP contribution is 2.14. The Labute approximate surface area is 166 Å². The van der Waals surface area contributed by atoms with Crippen molar-refractivity contribution in [2.45, 2.75) is 52.0 Å². The number of carbonyl (C=O) groups excluding carboxylic acids is 2. The second-order valence-electron chi connectivity index (χ2n) is 6.97. The highest BCUT2D eigenvalue weighted by atomic mass is 16.2. The molecule has 0 unspecified atom stereocenters. The Kier molecular flexibility index (Phi) is 8.65. The summed E-state index contributed by atoms with van der Waals surface area (Å²) in [7, 11) is 0. The SMILES string of the molecule is CCC(=O)Nc1ccc(CCCC(=O)Nc2ccc(C[C@H](C)NN)cc2)cc1. The minimum absolute atomic E-state index is 0.00279. The van der Waals surface area contributed by atoms with E-state index in [2.05, 4.69) is 16.1 Å². The van der Waals surface area contributed by atoms with Crippen molar-refractivity contribution in [3.8, 4) is 0 Å². The number of hydrogen-bond acceptors (Lipinski definition) is 4. The van der Waals surface area contributed by atoms with Crippen LogP contribution in [0.15, 0.2) is 48.5 Å². The summed E-state index contributed by atoms with van der Waals surface area (Å²) in [6.45, 7) is 3.84. The maximum atomic E-state index is 12.1. The normalized spacial score (nSPS) is 11.7. The number of rotatable bonds is 10. The van der Waals surface area contributed by atoms with E-state index < -0.39 is 0 Å². The molecule has 28 heavy (non-hydrogen) atoms. The third-order valence-electron chi connectivity index (χ3n) is 4.49. The summed E-state index contributed by atoms with van der Waals surface area (Å²) in [6.07, 6.45) is 3.35. The van der Waals surface area contributed by atoms with Gasteiger partial charge in [-0.1, -0.05) is 31.2 Å². The van der Waals surface area contributed by atoms with Crippen LogP contribution in [0.25, 0.3) is 0 Å². The van der Waals surface area contributed by atoms with Gasteiger partial charge in [-0.3, -0.25) is 20.9 Å². The summed E-state index contributed by atoms with van der Waals surface area (Å²) >= 11 is 0. The maximum absolute atomic E-state index is 12.1. The van der Waals surface area contributed by atoms with Gasteiger partial charge in [0.1, 0.15) is 0 Å². The first-order valence-corrected chi connectivity index (χ1v) is 9.74. The zero-order valence-corrected chi connectivity index (χ0v) is 16.6. The van der Waals surface area contributed by atoms with Gasteiger partial charge >= 0.3 is 0 Å². The fourth-order valence-corrected chi connectivity index (χ4v) is 2.82. The van der Waals surface area contributed by atoms with E-state index >= 15 is 0 Å². The van der Waals surface area contributed by atoms with E-state index in [4.69, 9.17) is 5.84 Å². The van der Waals surface area contributed by atoms with Crippen molar-refractivity contribution in [1.82, 2.24) is 5.43 Å². The molecule has 6 nitrogen and oxygen atoms in total. The van der Waals surface area contributed by atoms with Crippen LogP contribution in [-0.2, 0) is 22.4 Å². The molecule has 150 valence electrons. The van der Waals surface area contributed by atoms with E-state index in [1.165, 1.54) is 5.56 Å². The quantitative estimate of drug-likeness (QED) is 0.374. The maximum Gasteiger partial charge on any atom is 0.224 e. The molecule has 0 aliphatic carbocycles. The number of amides is 2. The lowest BCUT2D eigenvalue weighted by Crippen LogP contribution is -2.34. The van der Waals surface area contributed by atoms with Crippen molar-refractivity contribution in [3.05, 3.63) is 59.7 Å². The molecule has 0 spiro atoms. The number of nitrogens with two attached hydrogens (primary N) is 1. The Morgan fingerprint density at radius 2 is 1.43 bits per heavy atom. The highest BCUT2D eigenvalue weighted by molar-refractivity contribution is 5.91. The van der Waals surface area contributed by atoms with Gasteiger partial charge in [0.25, 0.3) is 0 Å². The van der Waals surface area contributed by atoms with Crippen LogP contribution in [-0.4, -0.2) is 17.9 Å². The predicted octanol–water partition coefficient (Wildman–Crippen LogP) is 3.39. The second kappa shape index (κ2) is 11.2. The first-order chi connectivity index (χ1) is 13.5. The Bertz CT molecular complexity index is 757. The lowest BCUT2D eigenvalue weighted by molar-refractivity contribution is -0.116. The van der Waals surface area contributed by atoms with Crippen LogP contribution in [0.5, 0.6) is 0 Å². The van der Waals surface area contributed by atoms with Gasteiger partial charge in [0.15, 0.2) is 0 Å². The summed E-state index contributed by atoms with van der Waals surface area (Å²) < 4.78 is 0. The van der Waals surface area contributed by atoms with E-state index in [9.17, 15) is 9.59 Å². The minimum atomic E-state index is 0.00279. The molecule has 0 aliphatic heterocycles. The Hall–Kier alpha value is -2.70. The third-order valence-corrected chi connectivity index (χ3v) is 4.49. The predicted molar refractivity (Wildman–Crippen MR) is 114 cm³/mol. The van der Waals surface area contributed by atoms with E-state index in [1.807, 2.05) is 62.4 Å². The summed E-state index contributed by atoms with van der Waals surface area (Å²) in [6, 6.07) is 15.8. The first-order valence-electron chi connectivity index (χ1n) is 9.74. The summed E-state index contributed by atoms with van der Waals surface area (Å²) in [5.41, 5.74) is 6.64. The van der Waals surface area contributed by atoms with E-state index in [-0.39, 0.29) is 17.9 Å². The number of hydrazine groups is 1. The third kappa shape index (κ3) is 7.50. The van der Waals surface area contributed by atoms with Gasteiger partial charge in [-0.25, -0.2) is 0 Å². The molecule has 0 saturated carbocycles. The second-order valence-corrected chi connectivity index (χ2v) is 6.97. The van der Waals surface area contributed by atoms with Crippen LogP contribution < -0.4 is 21.9 Å². The van der Waals surface area contributed by atoms with E-state index in [0.717, 1.165) is 36.2 Å². The minimum Gasteiger partial charge on any atom is -0.326 e.